The third-order valence-corrected chi connectivity index (χ3v) is 5.51. The summed E-state index contributed by atoms with van der Waals surface area (Å²) in [7, 11) is 1.57. The van der Waals surface area contributed by atoms with Gasteiger partial charge in [-0.2, -0.15) is 5.10 Å². The largest absolute Gasteiger partial charge is 0.490 e. The number of furan rings is 1. The van der Waals surface area contributed by atoms with Crippen molar-refractivity contribution in [3.8, 4) is 28.3 Å². The molecule has 0 radical (unpaired) electrons. The number of fused-ring (bicyclic) bond motifs is 1. The van der Waals surface area contributed by atoms with Gasteiger partial charge in [0.05, 0.1) is 17.4 Å². The Bertz CT molecular complexity index is 1280. The van der Waals surface area contributed by atoms with Gasteiger partial charge in [0, 0.05) is 35.8 Å². The quantitative estimate of drug-likeness (QED) is 0.385. The predicted molar refractivity (Wildman–Crippen MR) is 127 cm³/mol. The number of amides is 1. The molecule has 33 heavy (non-hydrogen) atoms. The molecule has 0 aliphatic rings. The molecule has 2 aromatic carbocycles. The number of benzene rings is 2. The van der Waals surface area contributed by atoms with E-state index >= 15 is 0 Å². The minimum Gasteiger partial charge on any atom is -0.490 e. The number of hydrogen-bond acceptors (Lipinski definition) is 4. The average Bonchev–Trinajstić information content (AvgIpc) is 3.39. The van der Waals surface area contributed by atoms with E-state index < -0.39 is 0 Å². The van der Waals surface area contributed by atoms with Crippen LogP contribution in [-0.2, 0) is 13.0 Å². The average molecular weight is 450 g/mol. The highest BCUT2D eigenvalue weighted by molar-refractivity contribution is 6.12. The van der Waals surface area contributed by atoms with Crippen LogP contribution < -0.4 is 10.1 Å². The van der Waals surface area contributed by atoms with Crippen LogP contribution in [-0.4, -0.2) is 28.8 Å². The van der Waals surface area contributed by atoms with Gasteiger partial charge >= 0.3 is 0 Å². The summed E-state index contributed by atoms with van der Waals surface area (Å²) in [6, 6.07) is 11.7. The Kier molecular flexibility index (Phi) is 6.22. The van der Waals surface area contributed by atoms with E-state index in [2.05, 4.69) is 25.2 Å². The van der Waals surface area contributed by atoms with Crippen molar-refractivity contribution >= 4 is 16.9 Å². The molecule has 0 aliphatic carbocycles. The summed E-state index contributed by atoms with van der Waals surface area (Å²) in [6.45, 7) is 8.83. The van der Waals surface area contributed by atoms with Crippen LogP contribution in [0.2, 0.25) is 0 Å². The molecule has 0 unspecified atom stereocenters. The highest BCUT2D eigenvalue weighted by Gasteiger charge is 2.25. The molecule has 172 valence electrons. The van der Waals surface area contributed by atoms with E-state index in [9.17, 15) is 9.18 Å². The van der Waals surface area contributed by atoms with Crippen LogP contribution in [0.4, 0.5) is 4.39 Å². The summed E-state index contributed by atoms with van der Waals surface area (Å²) in [4.78, 5) is 12.9. The lowest BCUT2D eigenvalue weighted by Gasteiger charge is -2.13. The van der Waals surface area contributed by atoms with E-state index in [4.69, 9.17) is 14.3 Å². The zero-order valence-corrected chi connectivity index (χ0v) is 19.5. The minimum absolute atomic E-state index is 0.0768. The fraction of sp³-hybridized carbons (Fsp3) is 0.308. The van der Waals surface area contributed by atoms with Crippen molar-refractivity contribution in [1.29, 1.82) is 0 Å². The Balaban J connectivity index is 1.99. The molecule has 0 atom stereocenters. The number of nitrogens with zero attached hydrogens (tertiary/aromatic N) is 2. The molecule has 7 heteroatoms. The highest BCUT2D eigenvalue weighted by Crippen LogP contribution is 2.41. The van der Waals surface area contributed by atoms with Crippen molar-refractivity contribution in [3.05, 3.63) is 59.5 Å². The molecule has 1 amide bonds. The lowest BCUT2D eigenvalue weighted by atomic mass is 10.0. The Labute approximate surface area is 192 Å². The molecule has 0 bridgehead atoms. The molecule has 4 aromatic rings. The van der Waals surface area contributed by atoms with Crippen molar-refractivity contribution in [2.75, 3.05) is 7.05 Å². The number of ether oxygens (including phenoxy) is 1. The van der Waals surface area contributed by atoms with Crippen LogP contribution in [0.5, 0.6) is 5.75 Å². The van der Waals surface area contributed by atoms with Crippen LogP contribution in [0, 0.1) is 5.82 Å². The Morgan fingerprint density at radius 2 is 1.91 bits per heavy atom. The highest BCUT2D eigenvalue weighted by atomic mass is 19.1. The fourth-order valence-electron chi connectivity index (χ4n) is 3.98. The monoisotopic (exact) mass is 449 g/mol. The number of hydrogen-bond donors (Lipinski definition) is 1. The second-order valence-electron chi connectivity index (χ2n) is 8.09. The summed E-state index contributed by atoms with van der Waals surface area (Å²) in [5.74, 6) is 0.354. The van der Waals surface area contributed by atoms with E-state index in [-0.39, 0.29) is 17.8 Å². The minimum atomic E-state index is -0.357. The van der Waals surface area contributed by atoms with Gasteiger partial charge in [-0.25, -0.2) is 4.39 Å². The summed E-state index contributed by atoms with van der Waals surface area (Å²) >= 11 is 0. The molecule has 4 rings (SSSR count). The molecule has 2 aromatic heterocycles. The second-order valence-corrected chi connectivity index (χ2v) is 8.09. The molecule has 2 heterocycles. The summed E-state index contributed by atoms with van der Waals surface area (Å²) < 4.78 is 27.8. The number of carbonyl (C=O) groups excluding carboxylic acids is 1. The van der Waals surface area contributed by atoms with Gasteiger partial charge in [-0.05, 0) is 69.7 Å². The molecule has 0 spiro atoms. The Morgan fingerprint density at radius 1 is 1.18 bits per heavy atom. The number of aromatic nitrogens is 2. The normalized spacial score (nSPS) is 11.4. The first kappa shape index (κ1) is 22.6. The first-order valence-electron chi connectivity index (χ1n) is 11.2. The molecule has 0 saturated heterocycles. The van der Waals surface area contributed by atoms with Gasteiger partial charge in [0.1, 0.15) is 22.9 Å². The number of rotatable bonds is 7. The predicted octanol–water partition coefficient (Wildman–Crippen LogP) is 5.83. The molecule has 1 N–H and O–H groups in total. The van der Waals surface area contributed by atoms with E-state index in [1.54, 1.807) is 19.2 Å². The first-order chi connectivity index (χ1) is 15.9. The van der Waals surface area contributed by atoms with Gasteiger partial charge in [0.2, 0.25) is 0 Å². The van der Waals surface area contributed by atoms with Crippen molar-refractivity contribution in [3.63, 3.8) is 0 Å². The van der Waals surface area contributed by atoms with E-state index in [0.717, 1.165) is 29.9 Å². The molecule has 0 aliphatic heterocycles. The second kappa shape index (κ2) is 9.10. The molecular weight excluding hydrogens is 421 g/mol. The zero-order valence-electron chi connectivity index (χ0n) is 19.5. The van der Waals surface area contributed by atoms with E-state index in [0.29, 0.717) is 33.6 Å². The maximum absolute atomic E-state index is 13.5. The van der Waals surface area contributed by atoms with Gasteiger partial charge in [-0.1, -0.05) is 6.92 Å². The molecular formula is C26H28FN3O3. The van der Waals surface area contributed by atoms with Gasteiger partial charge in [0.15, 0.2) is 0 Å². The summed E-state index contributed by atoms with van der Waals surface area (Å²) in [5.41, 5.74) is 4.23. The van der Waals surface area contributed by atoms with Crippen molar-refractivity contribution in [1.82, 2.24) is 15.1 Å². The van der Waals surface area contributed by atoms with Crippen molar-refractivity contribution < 1.29 is 18.3 Å². The van der Waals surface area contributed by atoms with Crippen molar-refractivity contribution in [2.45, 2.75) is 46.8 Å². The van der Waals surface area contributed by atoms with E-state index in [1.807, 2.05) is 30.7 Å². The third-order valence-electron chi connectivity index (χ3n) is 5.51. The maximum Gasteiger partial charge on any atom is 0.255 e. The zero-order chi connectivity index (χ0) is 23.7. The first-order valence-corrected chi connectivity index (χ1v) is 11.2. The SMILES string of the molecule is CCc1cc(-c2cc3oc(-c4ccc(F)cc4)c(C(=O)NC)c3cc2OC(C)C)nn1CC. The van der Waals surface area contributed by atoms with Gasteiger partial charge in [-0.3, -0.25) is 9.48 Å². The van der Waals surface area contributed by atoms with Gasteiger partial charge < -0.3 is 14.5 Å². The van der Waals surface area contributed by atoms with E-state index in [1.165, 1.54) is 12.1 Å². The molecule has 0 saturated carbocycles. The van der Waals surface area contributed by atoms with Crippen molar-refractivity contribution in [2.24, 2.45) is 0 Å². The smallest absolute Gasteiger partial charge is 0.255 e. The van der Waals surface area contributed by atoms with Gasteiger partial charge in [-0.15, -0.1) is 0 Å². The molecule has 6 nitrogen and oxygen atoms in total. The lowest BCUT2D eigenvalue weighted by molar-refractivity contribution is 0.0964. The Morgan fingerprint density at radius 3 is 2.48 bits per heavy atom. The number of halogens is 1. The van der Waals surface area contributed by atoms with Crippen LogP contribution in [0.25, 0.3) is 33.6 Å². The Hall–Kier alpha value is -3.61. The number of nitrogens with one attached hydrogen (secondary N) is 1. The van der Waals surface area contributed by atoms with Crippen LogP contribution >= 0.6 is 0 Å². The third kappa shape index (κ3) is 4.23. The van der Waals surface area contributed by atoms with Crippen LogP contribution in [0.15, 0.2) is 46.9 Å². The summed E-state index contributed by atoms with van der Waals surface area (Å²) in [6.07, 6.45) is 0.784. The van der Waals surface area contributed by atoms with Gasteiger partial charge in [0.25, 0.3) is 5.91 Å². The lowest BCUT2D eigenvalue weighted by Crippen LogP contribution is -2.18. The fourth-order valence-corrected chi connectivity index (χ4v) is 3.98. The number of carbonyl (C=O) groups is 1. The summed E-state index contributed by atoms with van der Waals surface area (Å²) in [5, 5.41) is 8.07. The standard InChI is InChI=1S/C26H28FN3O3/c1-6-18-12-21(29-30(18)7-2)19-13-23-20(14-22(19)32-15(3)4)24(26(31)28-5)25(33-23)16-8-10-17(27)11-9-16/h8-15H,6-7H2,1-5H3,(H,28,31). The van der Waals surface area contributed by atoms with Crippen LogP contribution in [0.3, 0.4) is 0 Å². The van der Waals surface area contributed by atoms with Crippen LogP contribution in [0.1, 0.15) is 43.7 Å². The topological polar surface area (TPSA) is 69.3 Å². The maximum atomic E-state index is 13.5. The number of aryl methyl sites for hydroxylation is 2. The molecule has 0 fully saturated rings.